The van der Waals surface area contributed by atoms with Gasteiger partial charge in [0.1, 0.15) is 5.01 Å². The van der Waals surface area contributed by atoms with E-state index in [1.54, 1.807) is 6.07 Å². The van der Waals surface area contributed by atoms with Crippen molar-refractivity contribution < 1.29 is 13.2 Å². The summed E-state index contributed by atoms with van der Waals surface area (Å²) in [6.45, 7) is 4.25. The van der Waals surface area contributed by atoms with Crippen molar-refractivity contribution in [3.05, 3.63) is 39.8 Å². The average Bonchev–Trinajstić information content (AvgIpc) is 3.09. The average molecular weight is 351 g/mol. The molecule has 0 saturated heterocycles. The minimum Gasteiger partial charge on any atom is -0.326 e. The minimum absolute atomic E-state index is 0.119. The minimum atomic E-state index is -3.63. The zero-order valence-electron chi connectivity index (χ0n) is 12.8. The van der Waals surface area contributed by atoms with E-state index >= 15 is 0 Å². The Labute approximate surface area is 139 Å². The highest BCUT2D eigenvalue weighted by atomic mass is 32.2. The van der Waals surface area contributed by atoms with Gasteiger partial charge in [0, 0.05) is 11.1 Å². The molecule has 1 amide bonds. The number of nitrogens with one attached hydrogen (secondary N) is 2. The van der Waals surface area contributed by atoms with Crippen molar-refractivity contribution in [1.82, 2.24) is 9.71 Å². The first-order valence-electron chi connectivity index (χ1n) is 7.22. The van der Waals surface area contributed by atoms with Gasteiger partial charge in [-0.05, 0) is 29.7 Å². The van der Waals surface area contributed by atoms with Gasteiger partial charge in [-0.3, -0.25) is 4.79 Å². The van der Waals surface area contributed by atoms with Gasteiger partial charge in [0.25, 0.3) is 0 Å². The second-order valence-electron chi connectivity index (χ2n) is 5.69. The van der Waals surface area contributed by atoms with E-state index in [0.29, 0.717) is 17.2 Å². The fourth-order valence-corrected chi connectivity index (χ4v) is 4.31. The number of sulfonamides is 1. The first-order valence-corrected chi connectivity index (χ1v) is 9.58. The fourth-order valence-electron chi connectivity index (χ4n) is 2.28. The summed E-state index contributed by atoms with van der Waals surface area (Å²) in [5.74, 6) is 0.199. The first-order chi connectivity index (χ1) is 10.8. The third-order valence-corrected chi connectivity index (χ3v) is 5.85. The highest BCUT2D eigenvalue weighted by molar-refractivity contribution is 7.89. The second kappa shape index (κ2) is 6.03. The number of thiazole rings is 1. The summed E-state index contributed by atoms with van der Waals surface area (Å²) in [7, 11) is -3.63. The molecule has 3 rings (SSSR count). The summed E-state index contributed by atoms with van der Waals surface area (Å²) in [6.07, 6.45) is 0.211. The third kappa shape index (κ3) is 3.44. The summed E-state index contributed by atoms with van der Waals surface area (Å²) < 4.78 is 27.3. The lowest BCUT2D eigenvalue weighted by atomic mass is 10.2. The summed E-state index contributed by atoms with van der Waals surface area (Å²) in [6, 6.07) is 4.65. The number of benzene rings is 1. The maximum atomic E-state index is 12.4. The normalized spacial score (nSPS) is 14.1. The van der Waals surface area contributed by atoms with Crippen LogP contribution in [0.5, 0.6) is 0 Å². The number of aromatic nitrogens is 1. The van der Waals surface area contributed by atoms with E-state index in [1.165, 1.54) is 23.5 Å². The van der Waals surface area contributed by atoms with Crippen LogP contribution in [0.25, 0.3) is 0 Å². The number of carbonyl (C=O) groups excluding carboxylic acids is 1. The molecule has 0 saturated carbocycles. The summed E-state index contributed by atoms with van der Waals surface area (Å²) >= 11 is 1.44. The Hall–Kier alpha value is -1.77. The molecule has 122 valence electrons. The zero-order chi connectivity index (χ0) is 16.6. The Balaban J connectivity index is 1.74. The van der Waals surface area contributed by atoms with Crippen molar-refractivity contribution in [1.29, 1.82) is 0 Å². The summed E-state index contributed by atoms with van der Waals surface area (Å²) in [5.41, 5.74) is 2.34. The monoisotopic (exact) mass is 351 g/mol. The van der Waals surface area contributed by atoms with Gasteiger partial charge in [0.2, 0.25) is 15.9 Å². The standard InChI is InChI=1S/C15H17N3O3S2/c1-9(2)13-8-22-15(18-13)7-16-23(20,21)11-3-4-12-10(5-11)6-14(19)17-12/h3-5,8-9,16H,6-7H2,1-2H3,(H,17,19). The highest BCUT2D eigenvalue weighted by Gasteiger charge is 2.22. The molecule has 8 heteroatoms. The molecule has 1 aliphatic rings. The van der Waals surface area contributed by atoms with Crippen LogP contribution in [0, 0.1) is 0 Å². The van der Waals surface area contributed by atoms with E-state index in [-0.39, 0.29) is 23.8 Å². The topological polar surface area (TPSA) is 88.2 Å². The first kappa shape index (κ1) is 16.1. The largest absolute Gasteiger partial charge is 0.326 e. The van der Waals surface area contributed by atoms with Crippen LogP contribution in [0.3, 0.4) is 0 Å². The summed E-state index contributed by atoms with van der Waals surface area (Å²) in [5, 5.41) is 5.36. The number of fused-ring (bicyclic) bond motifs is 1. The van der Waals surface area contributed by atoms with Gasteiger partial charge in [-0.1, -0.05) is 13.8 Å². The fraction of sp³-hybridized carbons (Fsp3) is 0.333. The molecular weight excluding hydrogens is 334 g/mol. The van der Waals surface area contributed by atoms with Crippen molar-refractivity contribution in [3.8, 4) is 0 Å². The van der Waals surface area contributed by atoms with Crippen LogP contribution < -0.4 is 10.0 Å². The lowest BCUT2D eigenvalue weighted by Gasteiger charge is -2.07. The third-order valence-electron chi connectivity index (χ3n) is 3.59. The van der Waals surface area contributed by atoms with Crippen LogP contribution in [0.15, 0.2) is 28.5 Å². The van der Waals surface area contributed by atoms with Crippen LogP contribution in [-0.2, 0) is 27.8 Å². The number of amides is 1. The number of nitrogens with zero attached hydrogens (tertiary/aromatic N) is 1. The number of hydrogen-bond donors (Lipinski definition) is 2. The molecule has 0 aliphatic carbocycles. The molecule has 6 nitrogen and oxygen atoms in total. The Morgan fingerprint density at radius 2 is 2.17 bits per heavy atom. The molecule has 1 aromatic heterocycles. The van der Waals surface area contributed by atoms with Gasteiger partial charge in [-0.2, -0.15) is 0 Å². The van der Waals surface area contributed by atoms with Crippen LogP contribution >= 0.6 is 11.3 Å². The van der Waals surface area contributed by atoms with Crippen molar-refractivity contribution in [2.45, 2.75) is 37.6 Å². The molecule has 0 spiro atoms. The van der Waals surface area contributed by atoms with E-state index in [4.69, 9.17) is 0 Å². The van der Waals surface area contributed by atoms with Crippen LogP contribution in [0.2, 0.25) is 0 Å². The predicted molar refractivity (Wildman–Crippen MR) is 89.0 cm³/mol. The van der Waals surface area contributed by atoms with Crippen molar-refractivity contribution in [2.24, 2.45) is 0 Å². The van der Waals surface area contributed by atoms with E-state index < -0.39 is 10.0 Å². The Bertz CT molecular complexity index is 857. The zero-order valence-corrected chi connectivity index (χ0v) is 14.4. The molecule has 2 aromatic rings. The molecule has 0 radical (unpaired) electrons. The van der Waals surface area contributed by atoms with Gasteiger partial charge in [0.15, 0.2) is 0 Å². The number of carbonyl (C=O) groups is 1. The molecule has 0 atom stereocenters. The maximum Gasteiger partial charge on any atom is 0.240 e. The number of hydrogen-bond acceptors (Lipinski definition) is 5. The molecule has 0 bridgehead atoms. The van der Waals surface area contributed by atoms with E-state index in [9.17, 15) is 13.2 Å². The SMILES string of the molecule is CC(C)c1csc(CNS(=O)(=O)c2ccc3c(c2)CC(=O)N3)n1. The Kier molecular flexibility index (Phi) is 4.22. The van der Waals surface area contributed by atoms with Crippen molar-refractivity contribution in [3.63, 3.8) is 0 Å². The van der Waals surface area contributed by atoms with Crippen molar-refractivity contribution >= 4 is 33.0 Å². The van der Waals surface area contributed by atoms with E-state index in [2.05, 4.69) is 15.0 Å². The molecule has 0 fully saturated rings. The van der Waals surface area contributed by atoms with Gasteiger partial charge in [-0.15, -0.1) is 11.3 Å². The predicted octanol–water partition coefficient (Wildman–Crippen LogP) is 2.24. The molecule has 1 aromatic carbocycles. The maximum absolute atomic E-state index is 12.4. The van der Waals surface area contributed by atoms with Crippen molar-refractivity contribution in [2.75, 3.05) is 5.32 Å². The molecule has 2 N–H and O–H groups in total. The van der Waals surface area contributed by atoms with Crippen LogP contribution in [-0.4, -0.2) is 19.3 Å². The van der Waals surface area contributed by atoms with E-state index in [1.807, 2.05) is 19.2 Å². The smallest absolute Gasteiger partial charge is 0.240 e. The van der Waals surface area contributed by atoms with Crippen LogP contribution in [0.1, 0.15) is 36.0 Å². The van der Waals surface area contributed by atoms with Crippen LogP contribution in [0.4, 0.5) is 5.69 Å². The van der Waals surface area contributed by atoms with Gasteiger partial charge >= 0.3 is 0 Å². The molecule has 0 unspecified atom stereocenters. The number of anilines is 1. The number of rotatable bonds is 5. The molecule has 2 heterocycles. The summed E-state index contributed by atoms with van der Waals surface area (Å²) in [4.78, 5) is 15.9. The molecule has 1 aliphatic heterocycles. The highest BCUT2D eigenvalue weighted by Crippen LogP contribution is 2.26. The van der Waals surface area contributed by atoms with Gasteiger partial charge in [-0.25, -0.2) is 18.1 Å². The lowest BCUT2D eigenvalue weighted by Crippen LogP contribution is -2.23. The molecular formula is C15H17N3O3S2. The molecule has 23 heavy (non-hydrogen) atoms. The van der Waals surface area contributed by atoms with E-state index in [0.717, 1.165) is 10.7 Å². The Morgan fingerprint density at radius 1 is 1.39 bits per heavy atom. The quantitative estimate of drug-likeness (QED) is 0.865. The van der Waals surface area contributed by atoms with Gasteiger partial charge in [0.05, 0.1) is 23.6 Å². The second-order valence-corrected chi connectivity index (χ2v) is 8.40. The lowest BCUT2D eigenvalue weighted by molar-refractivity contribution is -0.115. The Morgan fingerprint density at radius 3 is 2.87 bits per heavy atom. The van der Waals surface area contributed by atoms with Gasteiger partial charge < -0.3 is 5.32 Å².